The van der Waals surface area contributed by atoms with Gasteiger partial charge in [-0.25, -0.2) is 0 Å². The Morgan fingerprint density at radius 1 is 1.03 bits per heavy atom. The zero-order chi connectivity index (χ0) is 25.2. The normalized spacial score (nSPS) is 13.6. The minimum absolute atomic E-state index is 0.396. The van der Waals surface area contributed by atoms with Crippen LogP contribution in [-0.2, 0) is 11.8 Å². The molecule has 1 aliphatic rings. The van der Waals surface area contributed by atoms with E-state index in [0.29, 0.717) is 23.2 Å². The Balaban J connectivity index is 1.38. The summed E-state index contributed by atoms with van der Waals surface area (Å²) in [5, 5.41) is 19.4. The molecule has 0 bridgehead atoms. The van der Waals surface area contributed by atoms with Crippen molar-refractivity contribution in [1.29, 1.82) is 0 Å². The van der Waals surface area contributed by atoms with Crippen LogP contribution in [0.1, 0.15) is 0 Å². The number of hydrogen-bond acceptors (Lipinski definition) is 9. The van der Waals surface area contributed by atoms with Crippen LogP contribution in [0.5, 0.6) is 5.75 Å². The van der Waals surface area contributed by atoms with Gasteiger partial charge in [0.1, 0.15) is 11.6 Å². The molecule has 0 saturated carbocycles. The van der Waals surface area contributed by atoms with Crippen LogP contribution in [0.15, 0.2) is 60.9 Å². The molecule has 3 N–H and O–H groups in total. The Labute approximate surface area is 213 Å². The Morgan fingerprint density at radius 3 is 2.62 bits per heavy atom. The smallest absolute Gasteiger partial charge is 0.231 e. The van der Waals surface area contributed by atoms with Gasteiger partial charge in [-0.2, -0.15) is 20.2 Å². The first-order valence-electron chi connectivity index (χ1n) is 12.0. The minimum atomic E-state index is 0.396. The lowest BCUT2D eigenvalue weighted by atomic mass is 10.2. The Kier molecular flexibility index (Phi) is 6.03. The molecule has 0 amide bonds. The van der Waals surface area contributed by atoms with E-state index in [2.05, 4.69) is 36.9 Å². The van der Waals surface area contributed by atoms with Gasteiger partial charge in [0.05, 0.1) is 43.3 Å². The lowest BCUT2D eigenvalue weighted by molar-refractivity contribution is 0.122. The van der Waals surface area contributed by atoms with Crippen LogP contribution in [0.2, 0.25) is 0 Å². The summed E-state index contributed by atoms with van der Waals surface area (Å²) in [6, 6.07) is 15.9. The summed E-state index contributed by atoms with van der Waals surface area (Å²) < 4.78 is 12.9. The fraction of sp³-hybridized carbons (Fsp3) is 0.231. The van der Waals surface area contributed by atoms with Crippen LogP contribution in [0.3, 0.4) is 0 Å². The quantitative estimate of drug-likeness (QED) is 0.306. The summed E-state index contributed by atoms with van der Waals surface area (Å²) in [4.78, 5) is 11.8. The van der Waals surface area contributed by atoms with Crippen molar-refractivity contribution in [3.05, 3.63) is 60.9 Å². The molecule has 2 aromatic carbocycles. The molecule has 0 unspecified atom stereocenters. The highest BCUT2D eigenvalue weighted by Crippen LogP contribution is 2.35. The first kappa shape index (κ1) is 22.8. The Hall–Kier alpha value is -4.64. The van der Waals surface area contributed by atoms with Crippen molar-refractivity contribution in [3.8, 4) is 17.0 Å². The molecule has 3 aromatic heterocycles. The van der Waals surface area contributed by atoms with Crippen molar-refractivity contribution in [2.75, 3.05) is 48.9 Å². The molecule has 1 saturated heterocycles. The van der Waals surface area contributed by atoms with Crippen molar-refractivity contribution >= 4 is 39.9 Å². The topological polar surface area (TPSA) is 118 Å². The van der Waals surface area contributed by atoms with Crippen LogP contribution in [0.25, 0.3) is 22.3 Å². The number of rotatable bonds is 7. The van der Waals surface area contributed by atoms with Crippen molar-refractivity contribution < 1.29 is 9.47 Å². The number of nitrogens with one attached hydrogen (secondary N) is 3. The van der Waals surface area contributed by atoms with Gasteiger partial charge < -0.3 is 25.0 Å². The molecule has 1 fully saturated rings. The summed E-state index contributed by atoms with van der Waals surface area (Å²) >= 11 is 0. The number of hydrogen-bond donors (Lipinski definition) is 3. The van der Waals surface area contributed by atoms with Gasteiger partial charge in [0, 0.05) is 49.3 Å². The second kappa shape index (κ2) is 9.78. The third-order valence-corrected chi connectivity index (χ3v) is 6.25. The van der Waals surface area contributed by atoms with E-state index in [-0.39, 0.29) is 0 Å². The number of anilines is 5. The number of H-pyrrole nitrogens is 1. The van der Waals surface area contributed by atoms with E-state index in [1.165, 1.54) is 0 Å². The highest BCUT2D eigenvalue weighted by molar-refractivity contribution is 6.00. The summed E-state index contributed by atoms with van der Waals surface area (Å²) in [7, 11) is 3.53. The first-order chi connectivity index (χ1) is 18.2. The molecule has 0 aliphatic carbocycles. The molecular formula is C26H27N9O2. The van der Waals surface area contributed by atoms with Crippen LogP contribution in [0, 0.1) is 0 Å². The van der Waals surface area contributed by atoms with Gasteiger partial charge in [-0.15, -0.1) is 0 Å². The number of aromatic amines is 1. The first-order valence-corrected chi connectivity index (χ1v) is 12.0. The van der Waals surface area contributed by atoms with Gasteiger partial charge in [-0.05, 0) is 24.3 Å². The van der Waals surface area contributed by atoms with Crippen molar-refractivity contribution in [2.24, 2.45) is 7.05 Å². The number of benzene rings is 2. The van der Waals surface area contributed by atoms with E-state index in [9.17, 15) is 0 Å². The fourth-order valence-corrected chi connectivity index (χ4v) is 4.41. The highest BCUT2D eigenvalue weighted by atomic mass is 16.5. The second-order valence-corrected chi connectivity index (χ2v) is 8.70. The number of para-hydroxylation sites is 1. The minimum Gasteiger partial charge on any atom is -0.494 e. The van der Waals surface area contributed by atoms with Gasteiger partial charge in [0.2, 0.25) is 5.95 Å². The zero-order valence-corrected chi connectivity index (χ0v) is 20.6. The average Bonchev–Trinajstić information content (AvgIpc) is 3.56. The number of aryl methyl sites for hydroxylation is 1. The molecule has 11 nitrogen and oxygen atoms in total. The molecule has 1 aliphatic heterocycles. The van der Waals surface area contributed by atoms with Crippen molar-refractivity contribution in [3.63, 3.8) is 0 Å². The monoisotopic (exact) mass is 497 g/mol. The number of fused-ring (bicyclic) bond motifs is 1. The van der Waals surface area contributed by atoms with Crippen LogP contribution < -0.4 is 20.3 Å². The van der Waals surface area contributed by atoms with Gasteiger partial charge in [-0.3, -0.25) is 9.78 Å². The van der Waals surface area contributed by atoms with Crippen LogP contribution >= 0.6 is 0 Å². The molecular weight excluding hydrogens is 470 g/mol. The Morgan fingerprint density at radius 2 is 1.86 bits per heavy atom. The molecule has 5 aromatic rings. The molecule has 6 rings (SSSR count). The molecule has 37 heavy (non-hydrogen) atoms. The fourth-order valence-electron chi connectivity index (χ4n) is 4.41. The maximum absolute atomic E-state index is 5.70. The number of aromatic nitrogens is 6. The third kappa shape index (κ3) is 4.64. The van der Waals surface area contributed by atoms with Gasteiger partial charge in [-0.1, -0.05) is 18.2 Å². The van der Waals surface area contributed by atoms with Crippen LogP contribution in [0.4, 0.5) is 28.8 Å². The standard InChI is InChI=1S/C26H27N9O2/c1-34-16-17(15-27-34)23-22-24(28-18-6-4-3-5-7-18)30-26(31-25(22)33-32-23)29-20-9-8-19(14-21(20)36-2)35-10-12-37-13-11-35/h3-9,14-16H,10-13H2,1-2H3,(H3,28,29,30,31,32,33). The maximum atomic E-state index is 5.70. The van der Waals surface area contributed by atoms with E-state index in [4.69, 9.17) is 19.4 Å². The largest absolute Gasteiger partial charge is 0.494 e. The van der Waals surface area contributed by atoms with Gasteiger partial charge in [0.25, 0.3) is 0 Å². The molecule has 11 heteroatoms. The molecule has 0 radical (unpaired) electrons. The third-order valence-electron chi connectivity index (χ3n) is 6.25. The summed E-state index contributed by atoms with van der Waals surface area (Å²) in [5.41, 5.74) is 4.96. The Bertz CT molecular complexity index is 1520. The molecule has 0 spiro atoms. The van der Waals surface area contributed by atoms with Gasteiger partial charge >= 0.3 is 0 Å². The molecule has 188 valence electrons. The number of ether oxygens (including phenoxy) is 2. The summed E-state index contributed by atoms with van der Waals surface area (Å²) in [5.74, 6) is 1.71. The second-order valence-electron chi connectivity index (χ2n) is 8.70. The van der Waals surface area contributed by atoms with E-state index in [1.54, 1.807) is 18.0 Å². The number of nitrogens with zero attached hydrogens (tertiary/aromatic N) is 6. The van der Waals surface area contributed by atoms with E-state index < -0.39 is 0 Å². The number of morpholine rings is 1. The zero-order valence-electron chi connectivity index (χ0n) is 20.6. The average molecular weight is 498 g/mol. The predicted molar refractivity (Wildman–Crippen MR) is 143 cm³/mol. The lowest BCUT2D eigenvalue weighted by Crippen LogP contribution is -2.36. The summed E-state index contributed by atoms with van der Waals surface area (Å²) in [6.45, 7) is 3.14. The SMILES string of the molecule is COc1cc(N2CCOCC2)ccc1Nc1nc(Nc2ccccc2)c2c(-c3cnn(C)c3)[nH]nc2n1. The maximum Gasteiger partial charge on any atom is 0.231 e. The summed E-state index contributed by atoms with van der Waals surface area (Å²) in [6.07, 6.45) is 3.71. The molecule has 4 heterocycles. The van der Waals surface area contributed by atoms with E-state index in [1.807, 2.05) is 55.7 Å². The molecule has 0 atom stereocenters. The number of methoxy groups -OCH3 is 1. The van der Waals surface area contributed by atoms with Gasteiger partial charge in [0.15, 0.2) is 5.65 Å². The lowest BCUT2D eigenvalue weighted by Gasteiger charge is -2.29. The predicted octanol–water partition coefficient (Wildman–Crippen LogP) is 4.09. The van der Waals surface area contributed by atoms with E-state index in [0.717, 1.165) is 60.0 Å². The van der Waals surface area contributed by atoms with Crippen molar-refractivity contribution in [2.45, 2.75) is 0 Å². The van der Waals surface area contributed by atoms with Crippen molar-refractivity contribution in [1.82, 2.24) is 29.9 Å². The van der Waals surface area contributed by atoms with Crippen LogP contribution in [-0.4, -0.2) is 63.4 Å². The highest BCUT2D eigenvalue weighted by Gasteiger charge is 2.19. The van der Waals surface area contributed by atoms with E-state index >= 15 is 0 Å².